The largest absolute Gasteiger partial charge is 0.330 e. The van der Waals surface area contributed by atoms with Crippen LogP contribution in [0.5, 0.6) is 0 Å². The van der Waals surface area contributed by atoms with E-state index in [1.165, 1.54) is 0 Å². The van der Waals surface area contributed by atoms with E-state index in [-0.39, 0.29) is 11.1 Å². The van der Waals surface area contributed by atoms with Gasteiger partial charge in [-0.3, -0.25) is 4.57 Å². The zero-order chi connectivity index (χ0) is 16.9. The van der Waals surface area contributed by atoms with Crippen molar-refractivity contribution in [3.8, 4) is 0 Å². The summed E-state index contributed by atoms with van der Waals surface area (Å²) in [6.45, 7) is 14.4. The number of hydrogen-bond acceptors (Lipinski definition) is 5. The molecule has 0 bridgehead atoms. The second-order valence-electron chi connectivity index (χ2n) is 7.48. The van der Waals surface area contributed by atoms with Crippen molar-refractivity contribution in [2.45, 2.75) is 77.9 Å². The van der Waals surface area contributed by atoms with Crippen molar-refractivity contribution >= 4 is 7.60 Å². The Morgan fingerprint density at radius 1 is 1.09 bits per heavy atom. The van der Waals surface area contributed by atoms with Crippen molar-refractivity contribution in [2.75, 3.05) is 25.9 Å². The lowest BCUT2D eigenvalue weighted by molar-refractivity contribution is 0.146. The summed E-state index contributed by atoms with van der Waals surface area (Å²) in [6.07, 6.45) is 3.50. The number of nitrogens with one attached hydrogen (secondary N) is 2. The third-order valence-corrected chi connectivity index (χ3v) is 6.05. The first-order valence-electron chi connectivity index (χ1n) is 8.52. The summed E-state index contributed by atoms with van der Waals surface area (Å²) in [5.41, 5.74) is 0.288. The van der Waals surface area contributed by atoms with Crippen LogP contribution in [0, 0.1) is 0 Å². The van der Waals surface area contributed by atoms with Crippen LogP contribution in [0.3, 0.4) is 0 Å². The minimum absolute atomic E-state index is 0.144. The van der Waals surface area contributed by atoms with Crippen LogP contribution >= 0.6 is 7.60 Å². The first-order chi connectivity index (χ1) is 10.1. The molecule has 0 atom stereocenters. The molecule has 22 heavy (non-hydrogen) atoms. The maximum Gasteiger partial charge on any atom is 0.330 e. The first kappa shape index (κ1) is 20.1. The highest BCUT2D eigenvalue weighted by molar-refractivity contribution is 7.53. The lowest BCUT2D eigenvalue weighted by atomic mass is 9.79. The van der Waals surface area contributed by atoms with E-state index >= 15 is 0 Å². The van der Waals surface area contributed by atoms with Gasteiger partial charge in [-0.1, -0.05) is 0 Å². The maximum absolute atomic E-state index is 12.4. The summed E-state index contributed by atoms with van der Waals surface area (Å²) < 4.78 is 23.0. The Balaban J connectivity index is 2.39. The van der Waals surface area contributed by atoms with Gasteiger partial charge in [0.1, 0.15) is 0 Å². The fraction of sp³-hybridized carbons (Fsp3) is 1.00. The predicted molar refractivity (Wildman–Crippen MR) is 92.7 cm³/mol. The molecule has 1 aliphatic heterocycles. The van der Waals surface area contributed by atoms with E-state index in [4.69, 9.17) is 9.05 Å². The lowest BCUT2D eigenvalue weighted by Crippen LogP contribution is -2.61. The molecule has 2 N–H and O–H groups in total. The van der Waals surface area contributed by atoms with Crippen molar-refractivity contribution in [1.82, 2.24) is 10.6 Å². The van der Waals surface area contributed by atoms with Crippen molar-refractivity contribution < 1.29 is 13.6 Å². The summed E-state index contributed by atoms with van der Waals surface area (Å²) in [5.74, 6) is 0. The number of piperidine rings is 1. The quantitative estimate of drug-likeness (QED) is 0.499. The summed E-state index contributed by atoms with van der Waals surface area (Å²) in [4.78, 5) is 0. The maximum atomic E-state index is 12.4. The highest BCUT2D eigenvalue weighted by atomic mass is 31.2. The Labute approximate surface area is 136 Å². The minimum Gasteiger partial charge on any atom is -0.314 e. The molecule has 6 heteroatoms. The van der Waals surface area contributed by atoms with E-state index in [9.17, 15) is 4.57 Å². The first-order valence-corrected chi connectivity index (χ1v) is 10.2. The molecule has 0 amide bonds. The van der Waals surface area contributed by atoms with E-state index in [1.54, 1.807) is 0 Å². The molecule has 0 aromatic rings. The Morgan fingerprint density at radius 3 is 2.05 bits per heavy atom. The fourth-order valence-corrected chi connectivity index (χ4v) is 5.27. The van der Waals surface area contributed by atoms with Crippen molar-refractivity contribution in [1.29, 1.82) is 0 Å². The van der Waals surface area contributed by atoms with Crippen LogP contribution in [0.15, 0.2) is 0 Å². The standard InChI is InChI=1S/C16H35N2O3P/c1-7-20-22(19,21-8-2)11-9-10-17-14-12-15(3,4)18-16(5,6)13-14/h14,17-18H,7-13H2,1-6H3. The molecule has 0 saturated carbocycles. The average Bonchev–Trinajstić information content (AvgIpc) is 2.31. The van der Waals surface area contributed by atoms with Gasteiger partial charge in [0.05, 0.1) is 19.4 Å². The molecular weight excluding hydrogens is 299 g/mol. The van der Waals surface area contributed by atoms with Crippen molar-refractivity contribution in [3.05, 3.63) is 0 Å². The van der Waals surface area contributed by atoms with E-state index < -0.39 is 7.60 Å². The molecule has 0 radical (unpaired) electrons. The molecular formula is C16H35N2O3P. The van der Waals surface area contributed by atoms with Crippen LogP contribution in [0.25, 0.3) is 0 Å². The molecule has 1 fully saturated rings. The van der Waals surface area contributed by atoms with Gasteiger partial charge in [0.25, 0.3) is 0 Å². The van der Waals surface area contributed by atoms with Crippen molar-refractivity contribution in [2.24, 2.45) is 0 Å². The second kappa shape index (κ2) is 8.25. The molecule has 1 saturated heterocycles. The van der Waals surface area contributed by atoms with Crippen LogP contribution in [0.2, 0.25) is 0 Å². The van der Waals surface area contributed by atoms with Gasteiger partial charge in [-0.15, -0.1) is 0 Å². The molecule has 0 aromatic heterocycles. The molecule has 1 heterocycles. The Kier molecular flexibility index (Phi) is 7.55. The molecule has 1 aliphatic rings. The van der Waals surface area contributed by atoms with Crippen LogP contribution in [0.4, 0.5) is 0 Å². The van der Waals surface area contributed by atoms with Gasteiger partial charge < -0.3 is 19.7 Å². The van der Waals surface area contributed by atoms with Gasteiger partial charge in [-0.05, 0) is 67.3 Å². The summed E-state index contributed by atoms with van der Waals surface area (Å²) in [5, 5.41) is 7.30. The van der Waals surface area contributed by atoms with Crippen LogP contribution in [0.1, 0.15) is 60.8 Å². The van der Waals surface area contributed by atoms with E-state index in [0.717, 1.165) is 25.8 Å². The van der Waals surface area contributed by atoms with Gasteiger partial charge in [0.2, 0.25) is 0 Å². The average molecular weight is 334 g/mol. The summed E-state index contributed by atoms with van der Waals surface area (Å²) >= 11 is 0. The monoisotopic (exact) mass is 334 g/mol. The normalized spacial score (nSPS) is 21.9. The van der Waals surface area contributed by atoms with E-state index in [2.05, 4.69) is 38.3 Å². The van der Waals surface area contributed by atoms with E-state index in [0.29, 0.717) is 25.4 Å². The molecule has 132 valence electrons. The lowest BCUT2D eigenvalue weighted by Gasteiger charge is -2.46. The fourth-order valence-electron chi connectivity index (χ4n) is 3.61. The number of rotatable bonds is 9. The highest BCUT2D eigenvalue weighted by Gasteiger charge is 2.37. The van der Waals surface area contributed by atoms with Gasteiger partial charge >= 0.3 is 7.60 Å². The second-order valence-corrected chi connectivity index (χ2v) is 9.66. The smallest absolute Gasteiger partial charge is 0.314 e. The topological polar surface area (TPSA) is 59.6 Å². The van der Waals surface area contributed by atoms with Crippen LogP contribution in [-0.4, -0.2) is 43.0 Å². The van der Waals surface area contributed by atoms with Gasteiger partial charge in [-0.2, -0.15) is 0 Å². The van der Waals surface area contributed by atoms with Gasteiger partial charge in [0.15, 0.2) is 0 Å². The van der Waals surface area contributed by atoms with Crippen LogP contribution < -0.4 is 10.6 Å². The third kappa shape index (κ3) is 7.10. The molecule has 0 spiro atoms. The number of hydrogen-bond donors (Lipinski definition) is 2. The van der Waals surface area contributed by atoms with Crippen LogP contribution in [-0.2, 0) is 13.6 Å². The molecule has 5 nitrogen and oxygen atoms in total. The zero-order valence-corrected chi connectivity index (χ0v) is 16.1. The molecule has 1 rings (SSSR count). The third-order valence-electron chi connectivity index (χ3n) is 3.88. The Morgan fingerprint density at radius 2 is 1.59 bits per heavy atom. The SMILES string of the molecule is CCOP(=O)(CCCNC1CC(C)(C)NC(C)(C)C1)OCC. The van der Waals surface area contributed by atoms with Gasteiger partial charge in [-0.25, -0.2) is 0 Å². The zero-order valence-electron chi connectivity index (χ0n) is 15.2. The van der Waals surface area contributed by atoms with E-state index in [1.807, 2.05) is 13.8 Å². The summed E-state index contributed by atoms with van der Waals surface area (Å²) in [7, 11) is -2.89. The Hall–Kier alpha value is 0.0700. The Bertz CT molecular complexity index is 360. The molecule has 0 aliphatic carbocycles. The highest BCUT2D eigenvalue weighted by Crippen LogP contribution is 2.48. The predicted octanol–water partition coefficient (Wildman–Crippen LogP) is 3.54. The van der Waals surface area contributed by atoms with Crippen molar-refractivity contribution in [3.63, 3.8) is 0 Å². The molecule has 0 aromatic carbocycles. The van der Waals surface area contributed by atoms with Gasteiger partial charge in [0, 0.05) is 17.1 Å². The molecule has 0 unspecified atom stereocenters. The summed E-state index contributed by atoms with van der Waals surface area (Å²) in [6, 6.07) is 0.491. The minimum atomic E-state index is -2.89.